The van der Waals surface area contributed by atoms with Gasteiger partial charge in [-0.05, 0) is 44.0 Å². The first-order valence-electron chi connectivity index (χ1n) is 7.12. The van der Waals surface area contributed by atoms with E-state index in [-0.39, 0.29) is 5.60 Å². The summed E-state index contributed by atoms with van der Waals surface area (Å²) < 4.78 is 6.12. The van der Waals surface area contributed by atoms with E-state index in [0.717, 1.165) is 31.7 Å². The topological polar surface area (TPSA) is 21.3 Å². The van der Waals surface area contributed by atoms with Crippen molar-refractivity contribution in [2.45, 2.75) is 52.6 Å². The van der Waals surface area contributed by atoms with Crippen molar-refractivity contribution in [1.29, 1.82) is 0 Å². The van der Waals surface area contributed by atoms with Crippen molar-refractivity contribution in [2.24, 2.45) is 0 Å². The fourth-order valence-corrected chi connectivity index (χ4v) is 1.92. The van der Waals surface area contributed by atoms with Crippen LogP contribution in [0.15, 0.2) is 24.3 Å². The highest BCUT2D eigenvalue weighted by atomic mass is 16.5. The molecule has 0 bridgehead atoms. The van der Waals surface area contributed by atoms with Crippen LogP contribution in [0.2, 0.25) is 0 Å². The Kier molecular flexibility index (Phi) is 6.20. The third-order valence-corrected chi connectivity index (χ3v) is 3.32. The Morgan fingerprint density at radius 2 is 1.78 bits per heavy atom. The molecular formula is C16H27NO. The Labute approximate surface area is 112 Å². The lowest BCUT2D eigenvalue weighted by molar-refractivity contribution is 0.0842. The van der Waals surface area contributed by atoms with Crippen molar-refractivity contribution in [3.05, 3.63) is 29.8 Å². The number of hydrogen-bond donors (Lipinski definition) is 1. The minimum atomic E-state index is -0.123. The number of hydrogen-bond acceptors (Lipinski definition) is 2. The largest absolute Gasteiger partial charge is 0.486 e. The van der Waals surface area contributed by atoms with Crippen LogP contribution < -0.4 is 10.1 Å². The average Bonchev–Trinajstić information content (AvgIpc) is 2.39. The molecule has 1 atom stereocenters. The third kappa shape index (κ3) is 4.69. The first-order chi connectivity index (χ1) is 8.63. The second kappa shape index (κ2) is 7.42. The summed E-state index contributed by atoms with van der Waals surface area (Å²) in [5.41, 5.74) is 1.26. The van der Waals surface area contributed by atoms with Crippen LogP contribution in [0.1, 0.15) is 46.1 Å². The van der Waals surface area contributed by atoms with Gasteiger partial charge >= 0.3 is 0 Å². The molecule has 0 radical (unpaired) electrons. The van der Waals surface area contributed by atoms with Gasteiger partial charge in [0.1, 0.15) is 11.4 Å². The van der Waals surface area contributed by atoms with Crippen molar-refractivity contribution >= 4 is 0 Å². The molecule has 2 nitrogen and oxygen atoms in total. The summed E-state index contributed by atoms with van der Waals surface area (Å²) in [5, 5.41) is 3.37. The maximum atomic E-state index is 6.12. The van der Waals surface area contributed by atoms with E-state index in [1.807, 2.05) is 0 Å². The molecule has 1 unspecified atom stereocenters. The minimum Gasteiger partial charge on any atom is -0.486 e. The van der Waals surface area contributed by atoms with E-state index in [4.69, 9.17) is 4.74 Å². The van der Waals surface area contributed by atoms with E-state index >= 15 is 0 Å². The van der Waals surface area contributed by atoms with Crippen molar-refractivity contribution in [1.82, 2.24) is 5.32 Å². The van der Waals surface area contributed by atoms with Gasteiger partial charge in [-0.1, -0.05) is 39.3 Å². The van der Waals surface area contributed by atoms with Crippen molar-refractivity contribution in [3.63, 3.8) is 0 Å². The van der Waals surface area contributed by atoms with Gasteiger partial charge in [0.15, 0.2) is 0 Å². The standard InChI is InChI=1S/C16H27NO/c1-5-8-14-9-11-15(12-10-14)18-16(4,6-2)13-17-7-3/h9-12,17H,5-8,13H2,1-4H3. The first-order valence-corrected chi connectivity index (χ1v) is 7.12. The SMILES string of the molecule is CCCc1ccc(OC(C)(CC)CNCC)cc1. The maximum Gasteiger partial charge on any atom is 0.120 e. The zero-order valence-electron chi connectivity index (χ0n) is 12.3. The fourth-order valence-electron chi connectivity index (χ4n) is 1.92. The van der Waals surface area contributed by atoms with Gasteiger partial charge in [0.2, 0.25) is 0 Å². The monoisotopic (exact) mass is 249 g/mol. The van der Waals surface area contributed by atoms with Crippen LogP contribution in [0.25, 0.3) is 0 Å². The predicted octanol–water partition coefficient (Wildman–Crippen LogP) is 3.80. The molecule has 0 spiro atoms. The number of benzene rings is 1. The van der Waals surface area contributed by atoms with Crippen LogP contribution in [-0.4, -0.2) is 18.7 Å². The Morgan fingerprint density at radius 3 is 2.28 bits per heavy atom. The van der Waals surface area contributed by atoms with Crippen LogP contribution >= 0.6 is 0 Å². The van der Waals surface area contributed by atoms with Gasteiger partial charge in [0.25, 0.3) is 0 Å². The van der Waals surface area contributed by atoms with Crippen molar-refractivity contribution in [3.8, 4) is 5.75 Å². The van der Waals surface area contributed by atoms with E-state index < -0.39 is 0 Å². The zero-order valence-corrected chi connectivity index (χ0v) is 12.3. The maximum absolute atomic E-state index is 6.12. The molecule has 1 aromatic rings. The molecule has 102 valence electrons. The van der Waals surface area contributed by atoms with Crippen LogP contribution in [-0.2, 0) is 6.42 Å². The smallest absolute Gasteiger partial charge is 0.120 e. The number of nitrogens with one attached hydrogen (secondary N) is 1. The van der Waals surface area contributed by atoms with Crippen LogP contribution in [0.4, 0.5) is 0 Å². The summed E-state index contributed by atoms with van der Waals surface area (Å²) in [7, 11) is 0. The van der Waals surface area contributed by atoms with E-state index in [9.17, 15) is 0 Å². The third-order valence-electron chi connectivity index (χ3n) is 3.32. The molecule has 0 aliphatic heterocycles. The van der Waals surface area contributed by atoms with Gasteiger partial charge in [-0.2, -0.15) is 0 Å². The van der Waals surface area contributed by atoms with Gasteiger partial charge in [-0.25, -0.2) is 0 Å². The van der Waals surface area contributed by atoms with Gasteiger partial charge in [-0.3, -0.25) is 0 Å². The molecule has 1 rings (SSSR count). The molecule has 18 heavy (non-hydrogen) atoms. The van der Waals surface area contributed by atoms with E-state index in [0.29, 0.717) is 0 Å². The highest BCUT2D eigenvalue weighted by molar-refractivity contribution is 5.28. The molecular weight excluding hydrogens is 222 g/mol. The summed E-state index contributed by atoms with van der Waals surface area (Å²) in [5.74, 6) is 0.970. The van der Waals surface area contributed by atoms with Crippen LogP contribution in [0.3, 0.4) is 0 Å². The minimum absolute atomic E-state index is 0.123. The number of rotatable bonds is 8. The van der Waals surface area contributed by atoms with Gasteiger partial charge in [-0.15, -0.1) is 0 Å². The van der Waals surface area contributed by atoms with Gasteiger partial charge < -0.3 is 10.1 Å². The highest BCUT2D eigenvalue weighted by Crippen LogP contribution is 2.21. The Hall–Kier alpha value is -1.02. The quantitative estimate of drug-likeness (QED) is 0.756. The molecule has 0 heterocycles. The molecule has 0 aromatic heterocycles. The van der Waals surface area contributed by atoms with Gasteiger partial charge in [0, 0.05) is 6.54 Å². The first kappa shape index (κ1) is 15.0. The summed E-state index contributed by atoms with van der Waals surface area (Å²) >= 11 is 0. The molecule has 0 saturated carbocycles. The van der Waals surface area contributed by atoms with Gasteiger partial charge in [0.05, 0.1) is 0 Å². The highest BCUT2D eigenvalue weighted by Gasteiger charge is 2.23. The molecule has 2 heteroatoms. The number of ether oxygens (including phenoxy) is 1. The predicted molar refractivity (Wildman–Crippen MR) is 78.3 cm³/mol. The second-order valence-electron chi connectivity index (χ2n) is 5.08. The lowest BCUT2D eigenvalue weighted by Crippen LogP contribution is -2.42. The molecule has 0 saturated heterocycles. The Morgan fingerprint density at radius 1 is 1.11 bits per heavy atom. The molecule has 1 N–H and O–H groups in total. The van der Waals surface area contributed by atoms with E-state index in [1.54, 1.807) is 0 Å². The summed E-state index contributed by atoms with van der Waals surface area (Å²) in [6.45, 7) is 10.5. The zero-order chi connectivity index (χ0) is 13.4. The summed E-state index contributed by atoms with van der Waals surface area (Å²) in [6, 6.07) is 8.51. The van der Waals surface area contributed by atoms with E-state index in [1.165, 1.54) is 12.0 Å². The molecule has 0 aliphatic rings. The molecule has 0 amide bonds. The van der Waals surface area contributed by atoms with Crippen LogP contribution in [0.5, 0.6) is 5.75 Å². The van der Waals surface area contributed by atoms with E-state index in [2.05, 4.69) is 57.3 Å². The number of likely N-dealkylation sites (N-methyl/N-ethyl adjacent to an activating group) is 1. The Bertz CT molecular complexity index is 333. The molecule has 0 aliphatic carbocycles. The lowest BCUT2D eigenvalue weighted by Gasteiger charge is -2.30. The van der Waals surface area contributed by atoms with Crippen molar-refractivity contribution in [2.75, 3.05) is 13.1 Å². The van der Waals surface area contributed by atoms with Crippen molar-refractivity contribution < 1.29 is 4.74 Å². The molecule has 0 fully saturated rings. The van der Waals surface area contributed by atoms with Crippen LogP contribution in [0, 0.1) is 0 Å². The average molecular weight is 249 g/mol. The summed E-state index contributed by atoms with van der Waals surface area (Å²) in [6.07, 6.45) is 3.33. The lowest BCUT2D eigenvalue weighted by atomic mass is 10.0. The molecule has 1 aromatic carbocycles. The fraction of sp³-hybridized carbons (Fsp3) is 0.625. The number of aryl methyl sites for hydroxylation is 1. The normalized spacial score (nSPS) is 14.2. The Balaban J connectivity index is 2.63. The summed E-state index contributed by atoms with van der Waals surface area (Å²) in [4.78, 5) is 0. The second-order valence-corrected chi connectivity index (χ2v) is 5.08.